The van der Waals surface area contributed by atoms with E-state index in [-0.39, 0.29) is 0 Å². The lowest BCUT2D eigenvalue weighted by Crippen LogP contribution is -2.37. The van der Waals surface area contributed by atoms with E-state index in [4.69, 9.17) is 9.47 Å². The van der Waals surface area contributed by atoms with Crippen LogP contribution in [-0.2, 0) is 19.1 Å². The number of aryl methyl sites for hydroxylation is 4. The van der Waals surface area contributed by atoms with Crippen LogP contribution in [0.5, 0.6) is 0 Å². The molecule has 0 aromatic heterocycles. The Morgan fingerprint density at radius 1 is 0.404 bits per heavy atom. The van der Waals surface area contributed by atoms with E-state index in [2.05, 4.69) is 104 Å². The molecule has 0 saturated carbocycles. The SMILES string of the molecule is COC(=O)C1=C(C(=O)OC)C2c3c(C)c4c(c(C)c3C1c1c(C)c3c(c(C)c12)-c1c(C)ccc2ccc(C)c-3c12)-c1c(C)ccc2ccc(C)c-4c12. The Morgan fingerprint density at radius 3 is 0.885 bits per heavy atom. The Hall–Kier alpha value is -5.48. The summed E-state index contributed by atoms with van der Waals surface area (Å²) in [7, 11) is 2.84. The predicted octanol–water partition coefficient (Wildman–Crippen LogP) is 11.0. The maximum absolute atomic E-state index is 14.2. The van der Waals surface area contributed by atoms with Crippen molar-refractivity contribution in [2.75, 3.05) is 14.2 Å². The molecular weight excluding hydrogens is 641 g/mol. The summed E-state index contributed by atoms with van der Waals surface area (Å²) in [6, 6.07) is 17.9. The summed E-state index contributed by atoms with van der Waals surface area (Å²) < 4.78 is 11.2. The monoisotopic (exact) mass is 680 g/mol. The standard InChI is InChI=1S/C48H40O4/c1-19-11-15-27-16-12-20(2)30-34-24(6)38-37(23(5)33(34)29(19)41(27)30)43-39-25(7)35-31-21(3)13-17-28-18-14-22(4)32(42(28)31)36(35)26(8)40(39)44(38)46(48(50)52-10)45(43)47(49)51-9/h11-18,43-44H,1-10H3. The minimum atomic E-state index is -0.502. The van der Waals surface area contributed by atoms with Crippen molar-refractivity contribution in [3.8, 4) is 44.5 Å². The molecule has 0 amide bonds. The summed E-state index contributed by atoms with van der Waals surface area (Å²) in [4.78, 5) is 28.5. The van der Waals surface area contributed by atoms with E-state index < -0.39 is 23.8 Å². The van der Waals surface area contributed by atoms with Crippen LogP contribution < -0.4 is 0 Å². The van der Waals surface area contributed by atoms with E-state index in [1.807, 2.05) is 0 Å². The van der Waals surface area contributed by atoms with Crippen LogP contribution in [0.25, 0.3) is 66.1 Å². The fourth-order valence-electron chi connectivity index (χ4n) is 11.2. The first kappa shape index (κ1) is 31.3. The quantitative estimate of drug-likeness (QED) is 0.171. The molecule has 0 radical (unpaired) electrons. The van der Waals surface area contributed by atoms with Crippen molar-refractivity contribution in [1.29, 1.82) is 0 Å². The van der Waals surface area contributed by atoms with Crippen LogP contribution in [0.2, 0.25) is 0 Å². The maximum atomic E-state index is 14.2. The van der Waals surface area contributed by atoms with Gasteiger partial charge in [0.25, 0.3) is 0 Å². The molecule has 5 aliphatic rings. The van der Waals surface area contributed by atoms with Gasteiger partial charge >= 0.3 is 11.9 Å². The molecule has 0 fully saturated rings. The zero-order valence-electron chi connectivity index (χ0n) is 31.4. The van der Waals surface area contributed by atoms with Gasteiger partial charge in [0.05, 0.1) is 25.4 Å². The third-order valence-electron chi connectivity index (χ3n) is 13.2. The molecule has 6 aromatic carbocycles. The van der Waals surface area contributed by atoms with Gasteiger partial charge in [0.2, 0.25) is 0 Å². The molecule has 4 nitrogen and oxygen atoms in total. The van der Waals surface area contributed by atoms with Gasteiger partial charge in [-0.2, -0.15) is 0 Å². The van der Waals surface area contributed by atoms with E-state index in [0.29, 0.717) is 11.1 Å². The minimum absolute atomic E-state index is 0.410. The highest BCUT2D eigenvalue weighted by atomic mass is 16.5. The Morgan fingerprint density at radius 2 is 0.654 bits per heavy atom. The van der Waals surface area contributed by atoms with Gasteiger partial charge < -0.3 is 9.47 Å². The van der Waals surface area contributed by atoms with Crippen molar-refractivity contribution in [2.24, 2.45) is 0 Å². The number of rotatable bonds is 2. The number of esters is 2. The minimum Gasteiger partial charge on any atom is -0.466 e. The average Bonchev–Trinajstić information content (AvgIpc) is 3.71. The smallest absolute Gasteiger partial charge is 0.335 e. The molecule has 4 heteroatoms. The molecular formula is C48H40O4. The Bertz CT molecular complexity index is 2480. The van der Waals surface area contributed by atoms with E-state index >= 15 is 0 Å². The lowest BCUT2D eigenvalue weighted by atomic mass is 9.56. The molecule has 11 rings (SSSR count). The zero-order chi connectivity index (χ0) is 36.4. The van der Waals surface area contributed by atoms with Gasteiger partial charge in [-0.15, -0.1) is 0 Å². The van der Waals surface area contributed by atoms with E-state index in [0.717, 1.165) is 22.3 Å². The summed E-state index contributed by atoms with van der Waals surface area (Å²) in [6.45, 7) is 17.8. The molecule has 0 spiro atoms. The van der Waals surface area contributed by atoms with Crippen LogP contribution in [0.4, 0.5) is 0 Å². The molecule has 0 unspecified atom stereocenters. The van der Waals surface area contributed by atoms with Gasteiger partial charge in [0.1, 0.15) is 0 Å². The van der Waals surface area contributed by atoms with Crippen LogP contribution in [0.3, 0.4) is 0 Å². The maximum Gasteiger partial charge on any atom is 0.335 e. The van der Waals surface area contributed by atoms with Crippen LogP contribution >= 0.6 is 0 Å². The molecule has 5 aliphatic carbocycles. The lowest BCUT2D eigenvalue weighted by Gasteiger charge is -2.46. The first-order chi connectivity index (χ1) is 24.9. The Kier molecular flexibility index (Phi) is 6.07. The van der Waals surface area contributed by atoms with Crippen LogP contribution in [0.15, 0.2) is 59.7 Å². The number of hydrogen-bond donors (Lipinski definition) is 0. The van der Waals surface area contributed by atoms with Crippen molar-refractivity contribution in [3.63, 3.8) is 0 Å². The fraction of sp³-hybridized carbons (Fsp3) is 0.250. The van der Waals surface area contributed by atoms with Gasteiger partial charge in [-0.1, -0.05) is 48.5 Å². The average molecular weight is 681 g/mol. The highest BCUT2D eigenvalue weighted by Crippen LogP contribution is 2.66. The van der Waals surface area contributed by atoms with E-state index in [1.165, 1.54) is 125 Å². The van der Waals surface area contributed by atoms with Crippen molar-refractivity contribution >= 4 is 33.5 Å². The molecule has 0 saturated heterocycles. The van der Waals surface area contributed by atoms with Gasteiger partial charge in [-0.05, 0) is 188 Å². The van der Waals surface area contributed by atoms with Gasteiger partial charge in [0, 0.05) is 11.8 Å². The van der Waals surface area contributed by atoms with Crippen molar-refractivity contribution in [1.82, 2.24) is 0 Å². The summed E-state index contributed by atoms with van der Waals surface area (Å²) >= 11 is 0. The van der Waals surface area contributed by atoms with Gasteiger partial charge in [0.15, 0.2) is 0 Å². The van der Waals surface area contributed by atoms with Gasteiger partial charge in [-0.3, -0.25) is 0 Å². The summed E-state index contributed by atoms with van der Waals surface area (Å²) in [6.07, 6.45) is 0. The second kappa shape index (κ2) is 10.1. The third-order valence-corrected chi connectivity index (χ3v) is 13.2. The number of methoxy groups -OCH3 is 2. The van der Waals surface area contributed by atoms with Crippen molar-refractivity contribution in [3.05, 3.63) is 126 Å². The number of benzene rings is 6. The molecule has 6 aromatic rings. The lowest BCUT2D eigenvalue weighted by molar-refractivity contribution is -0.140. The second-order valence-electron chi connectivity index (χ2n) is 15.6. The normalized spacial score (nSPS) is 16.7. The second-order valence-corrected chi connectivity index (χ2v) is 15.6. The van der Waals surface area contributed by atoms with Crippen LogP contribution in [0, 0.1) is 55.4 Å². The Balaban J connectivity index is 1.41. The number of ether oxygens (including phenoxy) is 2. The topological polar surface area (TPSA) is 52.6 Å². The highest BCUT2D eigenvalue weighted by Gasteiger charge is 2.53. The first-order valence-corrected chi connectivity index (χ1v) is 18.3. The molecule has 256 valence electrons. The molecule has 52 heavy (non-hydrogen) atoms. The summed E-state index contributed by atoms with van der Waals surface area (Å²) in [5.74, 6) is -1.95. The van der Waals surface area contributed by atoms with E-state index in [1.54, 1.807) is 0 Å². The summed E-state index contributed by atoms with van der Waals surface area (Å²) in [5, 5.41) is 5.05. The number of carbonyl (C=O) groups excluding carboxylic acids is 2. The molecule has 0 heterocycles. The largest absolute Gasteiger partial charge is 0.466 e. The third kappa shape index (κ3) is 3.36. The highest BCUT2D eigenvalue weighted by molar-refractivity contribution is 6.21. The summed E-state index contributed by atoms with van der Waals surface area (Å²) in [5.41, 5.74) is 25.1. The van der Waals surface area contributed by atoms with Crippen molar-refractivity contribution < 1.29 is 19.1 Å². The zero-order valence-corrected chi connectivity index (χ0v) is 31.4. The number of carbonyl (C=O) groups is 2. The predicted molar refractivity (Wildman–Crippen MR) is 209 cm³/mol. The van der Waals surface area contributed by atoms with E-state index in [9.17, 15) is 9.59 Å². The first-order valence-electron chi connectivity index (χ1n) is 18.3. The molecule has 0 N–H and O–H groups in total. The van der Waals surface area contributed by atoms with Crippen LogP contribution in [-0.4, -0.2) is 26.2 Å². The Labute approximate surface area is 304 Å². The van der Waals surface area contributed by atoms with Crippen LogP contribution in [0.1, 0.15) is 78.6 Å². The molecule has 0 atom stereocenters. The molecule has 0 aliphatic heterocycles. The molecule has 2 bridgehead atoms. The fourth-order valence-corrected chi connectivity index (χ4v) is 11.2. The van der Waals surface area contributed by atoms with Crippen molar-refractivity contribution in [2.45, 2.75) is 67.2 Å². The van der Waals surface area contributed by atoms with Gasteiger partial charge in [-0.25, -0.2) is 9.59 Å². The number of hydrogen-bond acceptors (Lipinski definition) is 4. The number of fused-ring (bicyclic) bond motifs is 6.